The van der Waals surface area contributed by atoms with Crippen LogP contribution in [0.5, 0.6) is 0 Å². The average molecular weight is 535 g/mol. The number of hydrogen-bond acceptors (Lipinski definition) is 5. The second-order valence-corrected chi connectivity index (χ2v) is 8.72. The monoisotopic (exact) mass is 534 g/mol. The average Bonchev–Trinajstić information content (AvgIpc) is 3.21. The van der Waals surface area contributed by atoms with Crippen LogP contribution in [-0.2, 0) is 16.0 Å². The number of carboxylic acids is 1. The molecule has 0 aliphatic rings. The Morgan fingerprint density at radius 3 is 2.23 bits per heavy atom. The molecule has 3 aromatic carbocycles. The molecule has 4 rings (SSSR count). The summed E-state index contributed by atoms with van der Waals surface area (Å²) in [5.74, 6) is -0.418. The van der Waals surface area contributed by atoms with Crippen LogP contribution in [0.1, 0.15) is 18.2 Å². The number of aliphatic carboxylic acids is 1. The first-order valence-electron chi connectivity index (χ1n) is 11.0. The SMILES string of the molecule is CCOC(=O)N(c1cccc(Br)c1)c1c(C)noc1-c1ccc(-c2ccc(CC(=O)O)cc2)cc1. The fraction of sp³-hybridized carbons (Fsp3) is 0.148. The molecule has 0 saturated carbocycles. The number of carboxylic acid groups (broad SMARTS) is 1. The molecular weight excluding hydrogens is 512 g/mol. The van der Waals surface area contributed by atoms with Crippen molar-refractivity contribution in [1.29, 1.82) is 0 Å². The normalized spacial score (nSPS) is 10.7. The molecule has 0 aliphatic heterocycles. The Hall–Kier alpha value is -3.91. The molecule has 8 heteroatoms. The zero-order valence-corrected chi connectivity index (χ0v) is 20.8. The Kier molecular flexibility index (Phi) is 7.31. The van der Waals surface area contributed by atoms with Gasteiger partial charge in [-0.2, -0.15) is 0 Å². The van der Waals surface area contributed by atoms with Gasteiger partial charge in [0.25, 0.3) is 0 Å². The number of nitrogens with zero attached hydrogens (tertiary/aromatic N) is 2. The highest BCUT2D eigenvalue weighted by atomic mass is 79.9. The van der Waals surface area contributed by atoms with E-state index in [9.17, 15) is 9.59 Å². The van der Waals surface area contributed by atoms with E-state index in [-0.39, 0.29) is 13.0 Å². The van der Waals surface area contributed by atoms with Gasteiger partial charge in [0.05, 0.1) is 18.7 Å². The third-order valence-electron chi connectivity index (χ3n) is 5.36. The van der Waals surface area contributed by atoms with Crippen LogP contribution in [0.3, 0.4) is 0 Å². The number of halogens is 1. The van der Waals surface area contributed by atoms with Gasteiger partial charge in [-0.3, -0.25) is 4.79 Å². The van der Waals surface area contributed by atoms with Crippen molar-refractivity contribution >= 4 is 39.4 Å². The number of carbonyl (C=O) groups is 2. The van der Waals surface area contributed by atoms with Crippen molar-refractivity contribution in [2.75, 3.05) is 11.5 Å². The number of benzene rings is 3. The number of ether oxygens (including phenoxy) is 1. The first-order chi connectivity index (χ1) is 16.9. The summed E-state index contributed by atoms with van der Waals surface area (Å²) in [5.41, 5.74) is 5.08. The van der Waals surface area contributed by atoms with Crippen molar-refractivity contribution in [2.45, 2.75) is 20.3 Å². The van der Waals surface area contributed by atoms with Crippen LogP contribution >= 0.6 is 15.9 Å². The zero-order chi connectivity index (χ0) is 24.9. The summed E-state index contributed by atoms with van der Waals surface area (Å²) >= 11 is 3.46. The number of anilines is 2. The minimum absolute atomic E-state index is 0.0121. The topological polar surface area (TPSA) is 92.9 Å². The van der Waals surface area contributed by atoms with Gasteiger partial charge in [-0.1, -0.05) is 75.7 Å². The van der Waals surface area contributed by atoms with E-state index in [1.807, 2.05) is 72.8 Å². The quantitative estimate of drug-likeness (QED) is 0.274. The number of rotatable bonds is 7. The smallest absolute Gasteiger partial charge is 0.419 e. The van der Waals surface area contributed by atoms with Crippen LogP contribution in [0, 0.1) is 6.92 Å². The van der Waals surface area contributed by atoms with Gasteiger partial charge in [-0.25, -0.2) is 9.69 Å². The molecule has 0 unspecified atom stereocenters. The zero-order valence-electron chi connectivity index (χ0n) is 19.2. The molecular formula is C27H23BrN2O5. The van der Waals surface area contributed by atoms with Crippen LogP contribution in [-0.4, -0.2) is 28.9 Å². The van der Waals surface area contributed by atoms with E-state index in [0.29, 0.717) is 22.8 Å². The number of aromatic nitrogens is 1. The largest absolute Gasteiger partial charge is 0.481 e. The molecule has 1 aromatic heterocycles. The lowest BCUT2D eigenvalue weighted by molar-refractivity contribution is -0.136. The summed E-state index contributed by atoms with van der Waals surface area (Å²) in [5, 5.41) is 13.1. The molecule has 0 fully saturated rings. The number of carbonyl (C=O) groups excluding carboxylic acids is 1. The van der Waals surface area contributed by atoms with Gasteiger partial charge in [-0.15, -0.1) is 0 Å². The molecule has 35 heavy (non-hydrogen) atoms. The fourth-order valence-corrected chi connectivity index (χ4v) is 4.14. The lowest BCUT2D eigenvalue weighted by atomic mass is 10.0. The number of aryl methyl sites for hydroxylation is 1. The van der Waals surface area contributed by atoms with Gasteiger partial charge < -0.3 is 14.4 Å². The maximum atomic E-state index is 13.0. The predicted molar refractivity (Wildman–Crippen MR) is 137 cm³/mol. The van der Waals surface area contributed by atoms with Gasteiger partial charge in [0.1, 0.15) is 11.4 Å². The molecule has 7 nitrogen and oxygen atoms in total. The highest BCUT2D eigenvalue weighted by Crippen LogP contribution is 2.39. The Labute approximate surface area is 211 Å². The van der Waals surface area contributed by atoms with Gasteiger partial charge >= 0.3 is 12.1 Å². The molecule has 1 amide bonds. The van der Waals surface area contributed by atoms with E-state index in [1.54, 1.807) is 13.8 Å². The highest BCUT2D eigenvalue weighted by molar-refractivity contribution is 9.10. The molecule has 0 spiro atoms. The molecule has 0 saturated heterocycles. The number of amides is 1. The second kappa shape index (κ2) is 10.6. The van der Waals surface area contributed by atoms with Crippen molar-refractivity contribution in [1.82, 2.24) is 5.16 Å². The minimum Gasteiger partial charge on any atom is -0.481 e. The lowest BCUT2D eigenvalue weighted by Gasteiger charge is -2.22. The third-order valence-corrected chi connectivity index (χ3v) is 5.85. The van der Waals surface area contributed by atoms with E-state index < -0.39 is 12.1 Å². The Bertz CT molecular complexity index is 1350. The molecule has 0 atom stereocenters. The molecule has 0 aliphatic carbocycles. The van der Waals surface area contributed by atoms with Crippen LogP contribution in [0.4, 0.5) is 16.2 Å². The Morgan fingerprint density at radius 1 is 1.00 bits per heavy atom. The van der Waals surface area contributed by atoms with Crippen molar-refractivity contribution < 1.29 is 24.0 Å². The minimum atomic E-state index is -0.861. The highest BCUT2D eigenvalue weighted by Gasteiger charge is 2.28. The maximum Gasteiger partial charge on any atom is 0.419 e. The van der Waals surface area contributed by atoms with E-state index in [0.717, 1.165) is 26.7 Å². The third kappa shape index (κ3) is 5.44. The van der Waals surface area contributed by atoms with E-state index in [2.05, 4.69) is 21.1 Å². The summed E-state index contributed by atoms with van der Waals surface area (Å²) in [6.45, 7) is 3.76. The van der Waals surface area contributed by atoms with E-state index >= 15 is 0 Å². The van der Waals surface area contributed by atoms with E-state index in [4.69, 9.17) is 14.4 Å². The lowest BCUT2D eigenvalue weighted by Crippen LogP contribution is -2.27. The van der Waals surface area contributed by atoms with Gasteiger partial charge in [0.15, 0.2) is 5.76 Å². The van der Waals surface area contributed by atoms with Crippen molar-refractivity contribution in [3.05, 3.63) is 88.5 Å². The Balaban J connectivity index is 1.70. The molecule has 0 radical (unpaired) electrons. The van der Waals surface area contributed by atoms with Crippen LogP contribution in [0.15, 0.2) is 81.8 Å². The summed E-state index contributed by atoms with van der Waals surface area (Å²) in [7, 11) is 0. The summed E-state index contributed by atoms with van der Waals surface area (Å²) < 4.78 is 11.8. The van der Waals surface area contributed by atoms with Crippen molar-refractivity contribution in [2.24, 2.45) is 0 Å². The molecule has 178 valence electrons. The second-order valence-electron chi connectivity index (χ2n) is 7.80. The first kappa shape index (κ1) is 24.2. The molecule has 1 heterocycles. The number of hydrogen-bond donors (Lipinski definition) is 1. The Morgan fingerprint density at radius 2 is 1.63 bits per heavy atom. The van der Waals surface area contributed by atoms with Gasteiger partial charge in [0.2, 0.25) is 0 Å². The molecule has 1 N–H and O–H groups in total. The first-order valence-corrected chi connectivity index (χ1v) is 11.8. The van der Waals surface area contributed by atoms with Crippen LogP contribution in [0.25, 0.3) is 22.5 Å². The van der Waals surface area contributed by atoms with Gasteiger partial charge in [0, 0.05) is 10.0 Å². The van der Waals surface area contributed by atoms with Crippen LogP contribution in [0.2, 0.25) is 0 Å². The summed E-state index contributed by atoms with van der Waals surface area (Å²) in [6.07, 6.45) is -0.543. The van der Waals surface area contributed by atoms with Crippen molar-refractivity contribution in [3.63, 3.8) is 0 Å². The van der Waals surface area contributed by atoms with E-state index in [1.165, 1.54) is 4.90 Å². The standard InChI is InChI=1S/C27H23BrN2O5/c1-3-34-27(33)30(23-6-4-5-22(28)16-23)25-17(2)29-35-26(25)21-13-11-20(12-14-21)19-9-7-18(8-10-19)15-24(31)32/h4-14,16H,3,15H2,1-2H3,(H,31,32). The predicted octanol–water partition coefficient (Wildman–Crippen LogP) is 7.00. The van der Waals surface area contributed by atoms with Crippen molar-refractivity contribution in [3.8, 4) is 22.5 Å². The molecule has 0 bridgehead atoms. The van der Waals surface area contributed by atoms with Crippen LogP contribution < -0.4 is 4.90 Å². The maximum absolute atomic E-state index is 13.0. The van der Waals surface area contributed by atoms with Gasteiger partial charge in [-0.05, 0) is 48.7 Å². The summed E-state index contributed by atoms with van der Waals surface area (Å²) in [4.78, 5) is 25.4. The summed E-state index contributed by atoms with van der Waals surface area (Å²) in [6, 6.07) is 22.4. The molecule has 4 aromatic rings. The fourth-order valence-electron chi connectivity index (χ4n) is 3.75.